The molecule has 1 atom stereocenters. The molecule has 0 saturated carbocycles. The van der Waals surface area contributed by atoms with E-state index in [4.69, 9.17) is 0 Å². The fourth-order valence-corrected chi connectivity index (χ4v) is 2.92. The summed E-state index contributed by atoms with van der Waals surface area (Å²) < 4.78 is 75.6. The smallest absolute Gasteiger partial charge is 0.325 e. The summed E-state index contributed by atoms with van der Waals surface area (Å²) >= 11 is 0.917. The molecule has 0 aliphatic rings. The number of hydrogen-bond donors (Lipinski definition) is 1. The van der Waals surface area contributed by atoms with Gasteiger partial charge in [0.25, 0.3) is 0 Å². The first-order valence-electron chi connectivity index (χ1n) is 7.29. The van der Waals surface area contributed by atoms with Gasteiger partial charge in [-0.3, -0.25) is 4.79 Å². The lowest BCUT2D eigenvalue weighted by atomic mass is 10.2. The van der Waals surface area contributed by atoms with E-state index in [-0.39, 0.29) is 10.6 Å². The quantitative estimate of drug-likeness (QED) is 0.522. The topological polar surface area (TPSA) is 29.1 Å². The Morgan fingerprint density at radius 3 is 2.04 bits per heavy atom. The summed E-state index contributed by atoms with van der Waals surface area (Å²) in [5.41, 5.74) is -1.50. The number of benzene rings is 2. The largest absolute Gasteiger partial charge is 0.416 e. The molecule has 140 valence electrons. The normalized spacial score (nSPS) is 13.3. The summed E-state index contributed by atoms with van der Waals surface area (Å²) in [6.07, 6.45) is -8.96. The second kappa shape index (κ2) is 7.61. The lowest BCUT2D eigenvalue weighted by Gasteiger charge is -2.14. The minimum Gasteiger partial charge on any atom is -0.325 e. The molecule has 0 aromatic heterocycles. The first-order valence-corrected chi connectivity index (χ1v) is 8.17. The van der Waals surface area contributed by atoms with E-state index in [2.05, 4.69) is 5.32 Å². The van der Waals surface area contributed by atoms with Gasteiger partial charge in [0.05, 0.1) is 16.4 Å². The number of carbonyl (C=O) groups is 1. The number of carbonyl (C=O) groups excluding carboxylic acids is 1. The monoisotopic (exact) mass is 393 g/mol. The molecule has 2 aromatic rings. The molecule has 2 aromatic carbocycles. The van der Waals surface area contributed by atoms with Crippen LogP contribution in [0.5, 0.6) is 0 Å². The van der Waals surface area contributed by atoms with Crippen LogP contribution in [0.2, 0.25) is 0 Å². The molecule has 2 nitrogen and oxygen atoms in total. The number of anilines is 1. The van der Waals surface area contributed by atoms with Gasteiger partial charge in [0.15, 0.2) is 0 Å². The number of nitrogens with one attached hydrogen (secondary N) is 1. The summed E-state index contributed by atoms with van der Waals surface area (Å²) in [5.74, 6) is -0.535. The lowest BCUT2D eigenvalue weighted by Crippen LogP contribution is -2.22. The summed E-state index contributed by atoms with van der Waals surface area (Å²) in [6, 6.07) is 8.45. The Kier molecular flexibility index (Phi) is 5.90. The third-order valence-corrected chi connectivity index (χ3v) is 4.42. The molecule has 0 saturated heterocycles. The van der Waals surface area contributed by atoms with Crippen molar-refractivity contribution in [2.45, 2.75) is 29.4 Å². The molecular formula is C17H13F6NOS. The second-order valence-corrected chi connectivity index (χ2v) is 6.76. The Labute approximate surface area is 149 Å². The molecular weight excluding hydrogens is 380 g/mol. The van der Waals surface area contributed by atoms with Crippen LogP contribution >= 0.6 is 11.8 Å². The summed E-state index contributed by atoms with van der Waals surface area (Å²) in [7, 11) is 0. The van der Waals surface area contributed by atoms with Crippen molar-refractivity contribution in [1.29, 1.82) is 0 Å². The van der Waals surface area contributed by atoms with Gasteiger partial charge < -0.3 is 5.32 Å². The van der Waals surface area contributed by atoms with Crippen molar-refractivity contribution in [2.75, 3.05) is 5.32 Å². The standard InChI is InChI=1S/C17H13F6NOS/c1-10(26-14-4-2-3-12(9-14)17(21,22)23)15(25)24-13-7-5-11(6-8-13)16(18,19)20/h2-10H,1H3,(H,24,25)/t10-/m0/s1. The highest BCUT2D eigenvalue weighted by Gasteiger charge is 2.31. The Hall–Kier alpha value is -2.16. The zero-order valence-corrected chi connectivity index (χ0v) is 14.1. The number of rotatable bonds is 4. The van der Waals surface area contributed by atoms with Gasteiger partial charge in [0.2, 0.25) is 5.91 Å². The van der Waals surface area contributed by atoms with Gasteiger partial charge in [0.1, 0.15) is 0 Å². The van der Waals surface area contributed by atoms with E-state index in [1.54, 1.807) is 0 Å². The zero-order chi connectivity index (χ0) is 19.5. The van der Waals surface area contributed by atoms with Crippen LogP contribution in [0.3, 0.4) is 0 Å². The molecule has 26 heavy (non-hydrogen) atoms. The van der Waals surface area contributed by atoms with E-state index in [0.717, 1.165) is 48.2 Å². The van der Waals surface area contributed by atoms with Crippen molar-refractivity contribution in [1.82, 2.24) is 0 Å². The Balaban J connectivity index is 2.02. The van der Waals surface area contributed by atoms with Gasteiger partial charge in [-0.2, -0.15) is 26.3 Å². The lowest BCUT2D eigenvalue weighted by molar-refractivity contribution is -0.138. The van der Waals surface area contributed by atoms with Crippen molar-refractivity contribution in [3.8, 4) is 0 Å². The third-order valence-electron chi connectivity index (χ3n) is 3.32. The summed E-state index contributed by atoms with van der Waals surface area (Å²) in [4.78, 5) is 12.4. The molecule has 0 aliphatic heterocycles. The molecule has 1 amide bonds. The average molecular weight is 393 g/mol. The first kappa shape index (κ1) is 20.2. The maximum atomic E-state index is 12.7. The van der Waals surface area contributed by atoms with Crippen LogP contribution < -0.4 is 5.32 Å². The summed E-state index contributed by atoms with van der Waals surface area (Å²) in [6.45, 7) is 1.49. The predicted octanol–water partition coefficient (Wildman–Crippen LogP) is 5.84. The molecule has 0 unspecified atom stereocenters. The number of halogens is 6. The van der Waals surface area contributed by atoms with Crippen molar-refractivity contribution >= 4 is 23.4 Å². The predicted molar refractivity (Wildman–Crippen MR) is 86.8 cm³/mol. The highest BCUT2D eigenvalue weighted by molar-refractivity contribution is 8.00. The molecule has 0 bridgehead atoms. The van der Waals surface area contributed by atoms with E-state index < -0.39 is 34.6 Å². The highest BCUT2D eigenvalue weighted by atomic mass is 32.2. The van der Waals surface area contributed by atoms with Crippen molar-refractivity contribution in [3.05, 3.63) is 59.7 Å². The molecule has 0 aliphatic carbocycles. The van der Waals surface area contributed by atoms with Gasteiger partial charge in [-0.25, -0.2) is 0 Å². The van der Waals surface area contributed by atoms with Crippen LogP contribution in [0.25, 0.3) is 0 Å². The Bertz CT molecular complexity index is 770. The molecule has 1 N–H and O–H groups in total. The molecule has 0 radical (unpaired) electrons. The second-order valence-electron chi connectivity index (χ2n) is 5.35. The van der Waals surface area contributed by atoms with Crippen molar-refractivity contribution in [3.63, 3.8) is 0 Å². The summed E-state index contributed by atoms with van der Waals surface area (Å²) in [5, 5.41) is 1.69. The fraction of sp³-hybridized carbons (Fsp3) is 0.235. The highest BCUT2D eigenvalue weighted by Crippen LogP contribution is 2.33. The van der Waals surface area contributed by atoms with Gasteiger partial charge in [0, 0.05) is 10.6 Å². The molecule has 0 heterocycles. The maximum absolute atomic E-state index is 12.7. The minimum absolute atomic E-state index is 0.166. The van der Waals surface area contributed by atoms with E-state index in [1.165, 1.54) is 19.1 Å². The molecule has 2 rings (SSSR count). The van der Waals surface area contributed by atoms with Crippen LogP contribution in [0, 0.1) is 0 Å². The van der Waals surface area contributed by atoms with Crippen LogP contribution in [-0.4, -0.2) is 11.2 Å². The Morgan fingerprint density at radius 1 is 0.923 bits per heavy atom. The van der Waals surface area contributed by atoms with Gasteiger partial charge >= 0.3 is 12.4 Å². The van der Waals surface area contributed by atoms with Gasteiger partial charge in [-0.1, -0.05) is 6.07 Å². The average Bonchev–Trinajstić information content (AvgIpc) is 2.54. The van der Waals surface area contributed by atoms with Crippen LogP contribution in [0.15, 0.2) is 53.4 Å². The SMILES string of the molecule is C[C@H](Sc1cccc(C(F)(F)F)c1)C(=O)Nc1ccc(C(F)(F)F)cc1. The van der Waals surface area contributed by atoms with Crippen molar-refractivity contribution < 1.29 is 31.1 Å². The molecule has 0 spiro atoms. The fourth-order valence-electron chi connectivity index (χ4n) is 1.99. The van der Waals surface area contributed by atoms with E-state index >= 15 is 0 Å². The first-order chi connectivity index (χ1) is 12.0. The van der Waals surface area contributed by atoms with E-state index in [9.17, 15) is 31.1 Å². The zero-order valence-electron chi connectivity index (χ0n) is 13.3. The van der Waals surface area contributed by atoms with Crippen molar-refractivity contribution in [2.24, 2.45) is 0 Å². The van der Waals surface area contributed by atoms with Gasteiger partial charge in [-0.15, -0.1) is 11.8 Å². The van der Waals surface area contributed by atoms with E-state index in [0.29, 0.717) is 0 Å². The molecule has 0 fully saturated rings. The number of alkyl halides is 6. The maximum Gasteiger partial charge on any atom is 0.416 e. The number of amides is 1. The van der Waals surface area contributed by atoms with Crippen LogP contribution in [0.4, 0.5) is 32.0 Å². The minimum atomic E-state index is -4.48. The number of hydrogen-bond acceptors (Lipinski definition) is 2. The number of thioether (sulfide) groups is 1. The Morgan fingerprint density at radius 2 is 1.50 bits per heavy atom. The van der Waals surface area contributed by atoms with Crippen LogP contribution in [-0.2, 0) is 17.1 Å². The van der Waals surface area contributed by atoms with Crippen LogP contribution in [0.1, 0.15) is 18.1 Å². The van der Waals surface area contributed by atoms with E-state index in [1.807, 2.05) is 0 Å². The third kappa shape index (κ3) is 5.42. The molecule has 9 heteroatoms. The van der Waals surface area contributed by atoms with Gasteiger partial charge in [-0.05, 0) is 49.4 Å².